The highest BCUT2D eigenvalue weighted by atomic mass is 15.1. The molecule has 1 N–H and O–H groups in total. The van der Waals surface area contributed by atoms with Crippen molar-refractivity contribution in [3.8, 4) is 0 Å². The van der Waals surface area contributed by atoms with Gasteiger partial charge in [0.25, 0.3) is 0 Å². The van der Waals surface area contributed by atoms with Crippen LogP contribution in [-0.2, 0) is 13.0 Å². The highest BCUT2D eigenvalue weighted by molar-refractivity contribution is 5.46. The molecule has 0 aromatic carbocycles. The first kappa shape index (κ1) is 14.0. The number of rotatable bonds is 6. The molecule has 1 aliphatic rings. The number of aryl methyl sites for hydroxylation is 1. The lowest BCUT2D eigenvalue weighted by atomic mass is 10.1. The van der Waals surface area contributed by atoms with Crippen LogP contribution in [0.4, 0.5) is 5.82 Å². The van der Waals surface area contributed by atoms with Gasteiger partial charge in [0.2, 0.25) is 0 Å². The molecule has 5 heteroatoms. The van der Waals surface area contributed by atoms with Gasteiger partial charge in [-0.25, -0.2) is 15.0 Å². The molecule has 0 saturated heterocycles. The second kappa shape index (κ2) is 5.84. The van der Waals surface area contributed by atoms with E-state index in [1.165, 1.54) is 12.8 Å². The minimum Gasteiger partial charge on any atom is -0.373 e. The van der Waals surface area contributed by atoms with Crippen LogP contribution in [0, 0.1) is 6.92 Å². The van der Waals surface area contributed by atoms with Crippen LogP contribution in [0.25, 0.3) is 0 Å². The fourth-order valence-electron chi connectivity index (χ4n) is 2.62. The predicted molar refractivity (Wildman–Crippen MR) is 83.6 cm³/mol. The molecule has 0 bridgehead atoms. The van der Waals surface area contributed by atoms with Crippen LogP contribution in [0.15, 0.2) is 12.4 Å². The molecule has 21 heavy (non-hydrogen) atoms. The SMILES string of the molecule is CCCn1ccnc1Cc1nc(C2CC2)nc(NC)c1C. The summed E-state index contributed by atoms with van der Waals surface area (Å²) in [6.45, 7) is 5.28. The maximum Gasteiger partial charge on any atom is 0.134 e. The van der Waals surface area contributed by atoms with Crippen molar-refractivity contribution < 1.29 is 0 Å². The Hall–Kier alpha value is -1.91. The molecule has 3 rings (SSSR count). The second-order valence-corrected chi connectivity index (χ2v) is 5.74. The number of nitrogens with zero attached hydrogens (tertiary/aromatic N) is 4. The van der Waals surface area contributed by atoms with Crippen molar-refractivity contribution in [2.45, 2.75) is 52.0 Å². The van der Waals surface area contributed by atoms with Crippen LogP contribution < -0.4 is 5.32 Å². The van der Waals surface area contributed by atoms with E-state index in [1.54, 1.807) is 0 Å². The fraction of sp³-hybridized carbons (Fsp3) is 0.562. The van der Waals surface area contributed by atoms with Gasteiger partial charge in [0.1, 0.15) is 17.5 Å². The summed E-state index contributed by atoms with van der Waals surface area (Å²) < 4.78 is 2.22. The van der Waals surface area contributed by atoms with E-state index in [1.807, 2.05) is 13.2 Å². The topological polar surface area (TPSA) is 55.6 Å². The molecule has 2 aromatic rings. The Morgan fingerprint density at radius 2 is 2.14 bits per heavy atom. The molecule has 0 radical (unpaired) electrons. The van der Waals surface area contributed by atoms with Crippen molar-refractivity contribution >= 4 is 5.82 Å². The Balaban J connectivity index is 1.93. The summed E-state index contributed by atoms with van der Waals surface area (Å²) in [4.78, 5) is 14.0. The molecule has 0 amide bonds. The molecule has 2 aromatic heterocycles. The summed E-state index contributed by atoms with van der Waals surface area (Å²) in [7, 11) is 1.92. The van der Waals surface area contributed by atoms with Crippen molar-refractivity contribution in [3.63, 3.8) is 0 Å². The van der Waals surface area contributed by atoms with Gasteiger partial charge in [-0.1, -0.05) is 6.92 Å². The molecular weight excluding hydrogens is 262 g/mol. The largest absolute Gasteiger partial charge is 0.373 e. The average Bonchev–Trinajstić information content (AvgIpc) is 3.24. The first-order valence-corrected chi connectivity index (χ1v) is 7.78. The van der Waals surface area contributed by atoms with Crippen LogP contribution in [0.5, 0.6) is 0 Å². The standard InChI is InChI=1S/C16H23N5/c1-4-8-21-9-7-18-14(21)10-13-11(2)15(17-3)20-16(19-13)12-5-6-12/h7,9,12H,4-6,8,10H2,1-3H3,(H,17,19,20). The van der Waals surface area contributed by atoms with Crippen molar-refractivity contribution in [1.29, 1.82) is 0 Å². The molecule has 5 nitrogen and oxygen atoms in total. The van der Waals surface area contributed by atoms with Gasteiger partial charge in [0.15, 0.2) is 0 Å². The first-order valence-electron chi connectivity index (χ1n) is 7.78. The van der Waals surface area contributed by atoms with E-state index in [9.17, 15) is 0 Å². The monoisotopic (exact) mass is 285 g/mol. The van der Waals surface area contributed by atoms with E-state index in [0.29, 0.717) is 5.92 Å². The molecule has 1 saturated carbocycles. The second-order valence-electron chi connectivity index (χ2n) is 5.74. The third kappa shape index (κ3) is 2.91. The Morgan fingerprint density at radius 1 is 1.33 bits per heavy atom. The van der Waals surface area contributed by atoms with Crippen LogP contribution in [0.3, 0.4) is 0 Å². The maximum absolute atomic E-state index is 4.81. The summed E-state index contributed by atoms with van der Waals surface area (Å²) in [5.41, 5.74) is 2.23. The third-order valence-electron chi connectivity index (χ3n) is 4.04. The molecule has 0 atom stereocenters. The van der Waals surface area contributed by atoms with E-state index in [0.717, 1.165) is 48.1 Å². The highest BCUT2D eigenvalue weighted by Gasteiger charge is 2.28. The van der Waals surface area contributed by atoms with Gasteiger partial charge < -0.3 is 9.88 Å². The van der Waals surface area contributed by atoms with E-state index in [2.05, 4.69) is 39.9 Å². The summed E-state index contributed by atoms with van der Waals surface area (Å²) in [6.07, 6.45) is 8.25. The Bertz CT molecular complexity index is 628. The van der Waals surface area contributed by atoms with Crippen molar-refractivity contribution in [2.24, 2.45) is 0 Å². The van der Waals surface area contributed by atoms with E-state index < -0.39 is 0 Å². The van der Waals surface area contributed by atoms with Crippen LogP contribution >= 0.6 is 0 Å². The predicted octanol–water partition coefficient (Wildman–Crippen LogP) is 2.90. The van der Waals surface area contributed by atoms with Gasteiger partial charge >= 0.3 is 0 Å². The zero-order chi connectivity index (χ0) is 14.8. The lowest BCUT2D eigenvalue weighted by Crippen LogP contribution is -2.10. The van der Waals surface area contributed by atoms with Crippen LogP contribution in [0.1, 0.15) is 55.0 Å². The highest BCUT2D eigenvalue weighted by Crippen LogP contribution is 2.39. The van der Waals surface area contributed by atoms with Gasteiger partial charge in [0, 0.05) is 43.9 Å². The molecule has 2 heterocycles. The van der Waals surface area contributed by atoms with E-state index >= 15 is 0 Å². The number of nitrogens with one attached hydrogen (secondary N) is 1. The number of aromatic nitrogens is 4. The van der Waals surface area contributed by atoms with Gasteiger partial charge in [-0.05, 0) is 26.2 Å². The fourth-order valence-corrected chi connectivity index (χ4v) is 2.62. The number of anilines is 1. The van der Waals surface area contributed by atoms with E-state index in [4.69, 9.17) is 4.98 Å². The zero-order valence-corrected chi connectivity index (χ0v) is 13.1. The summed E-state index contributed by atoms with van der Waals surface area (Å²) in [6, 6.07) is 0. The number of hydrogen-bond acceptors (Lipinski definition) is 4. The van der Waals surface area contributed by atoms with Crippen molar-refractivity contribution in [1.82, 2.24) is 19.5 Å². The number of hydrogen-bond donors (Lipinski definition) is 1. The lowest BCUT2D eigenvalue weighted by molar-refractivity contribution is 0.643. The van der Waals surface area contributed by atoms with Crippen molar-refractivity contribution in [2.75, 3.05) is 12.4 Å². The lowest BCUT2D eigenvalue weighted by Gasteiger charge is -2.13. The normalized spacial score (nSPS) is 14.4. The molecule has 0 aliphatic heterocycles. The first-order chi connectivity index (χ1) is 10.2. The summed E-state index contributed by atoms with van der Waals surface area (Å²) in [5.74, 6) is 3.60. The van der Waals surface area contributed by atoms with Gasteiger partial charge in [-0.2, -0.15) is 0 Å². The minimum atomic E-state index is 0.562. The quantitative estimate of drug-likeness (QED) is 0.886. The van der Waals surface area contributed by atoms with Gasteiger partial charge in [-0.3, -0.25) is 0 Å². The Kier molecular flexibility index (Phi) is 3.90. The smallest absolute Gasteiger partial charge is 0.134 e. The summed E-state index contributed by atoms with van der Waals surface area (Å²) in [5, 5.41) is 3.20. The molecule has 0 spiro atoms. The molecule has 1 fully saturated rings. The van der Waals surface area contributed by atoms with Gasteiger partial charge in [0.05, 0.1) is 5.69 Å². The third-order valence-corrected chi connectivity index (χ3v) is 4.04. The van der Waals surface area contributed by atoms with Crippen LogP contribution in [0.2, 0.25) is 0 Å². The maximum atomic E-state index is 4.81. The Labute approximate surface area is 125 Å². The molecular formula is C16H23N5. The van der Waals surface area contributed by atoms with Gasteiger partial charge in [-0.15, -0.1) is 0 Å². The van der Waals surface area contributed by atoms with E-state index in [-0.39, 0.29) is 0 Å². The summed E-state index contributed by atoms with van der Waals surface area (Å²) >= 11 is 0. The van der Waals surface area contributed by atoms with Crippen molar-refractivity contribution in [3.05, 3.63) is 35.3 Å². The molecule has 0 unspecified atom stereocenters. The molecule has 1 aliphatic carbocycles. The zero-order valence-electron chi connectivity index (χ0n) is 13.1. The minimum absolute atomic E-state index is 0.562. The number of imidazole rings is 1. The molecule has 112 valence electrons. The van der Waals surface area contributed by atoms with Crippen LogP contribution in [-0.4, -0.2) is 26.6 Å². The Morgan fingerprint density at radius 3 is 2.81 bits per heavy atom. The average molecular weight is 285 g/mol.